The quantitative estimate of drug-likeness (QED) is 0.763. The lowest BCUT2D eigenvalue weighted by Gasteiger charge is -2.39. The summed E-state index contributed by atoms with van der Waals surface area (Å²) < 4.78 is 0. The molecule has 0 spiro atoms. The third-order valence-corrected chi connectivity index (χ3v) is 4.57. The van der Waals surface area contributed by atoms with Gasteiger partial charge in [-0.2, -0.15) is 0 Å². The van der Waals surface area contributed by atoms with E-state index in [1.807, 2.05) is 6.92 Å². The Morgan fingerprint density at radius 3 is 2.50 bits per heavy atom. The Kier molecular flexibility index (Phi) is 3.81. The molecule has 0 radical (unpaired) electrons. The van der Waals surface area contributed by atoms with E-state index in [1.54, 1.807) is 6.33 Å². The second-order valence-corrected chi connectivity index (χ2v) is 6.48. The molecule has 100 valence electrons. The number of aromatic nitrogens is 2. The van der Waals surface area contributed by atoms with Crippen molar-refractivity contribution in [3.63, 3.8) is 0 Å². The summed E-state index contributed by atoms with van der Waals surface area (Å²) >= 11 is 6.06. The normalized spacial score (nSPS) is 19.8. The summed E-state index contributed by atoms with van der Waals surface area (Å²) in [5.41, 5.74) is 1.47. The Labute approximate surface area is 115 Å². The van der Waals surface area contributed by atoms with Crippen molar-refractivity contribution in [2.24, 2.45) is 5.41 Å². The lowest BCUT2D eigenvalue weighted by Crippen LogP contribution is -2.38. The number of hydrogen-bond donors (Lipinski definition) is 0. The zero-order valence-electron chi connectivity index (χ0n) is 11.7. The van der Waals surface area contributed by atoms with Crippen molar-refractivity contribution in [2.45, 2.75) is 52.5 Å². The van der Waals surface area contributed by atoms with Crippen LogP contribution in [0, 0.1) is 12.3 Å². The second-order valence-electron chi connectivity index (χ2n) is 6.12. The molecule has 1 fully saturated rings. The molecule has 0 bridgehead atoms. The molecule has 0 amide bonds. The highest BCUT2D eigenvalue weighted by atomic mass is 35.5. The maximum absolute atomic E-state index is 6.06. The monoisotopic (exact) mass is 267 g/mol. The van der Waals surface area contributed by atoms with E-state index >= 15 is 0 Å². The van der Waals surface area contributed by atoms with Crippen LogP contribution >= 0.6 is 11.6 Å². The second kappa shape index (κ2) is 5.04. The number of nitrogens with zero attached hydrogens (tertiary/aromatic N) is 3. The molecular weight excluding hydrogens is 246 g/mol. The van der Waals surface area contributed by atoms with Crippen LogP contribution in [-0.4, -0.2) is 23.1 Å². The van der Waals surface area contributed by atoms with Crippen LogP contribution in [0.25, 0.3) is 0 Å². The number of hydrogen-bond acceptors (Lipinski definition) is 3. The van der Waals surface area contributed by atoms with E-state index in [-0.39, 0.29) is 0 Å². The van der Waals surface area contributed by atoms with Crippen LogP contribution in [0.1, 0.15) is 45.1 Å². The van der Waals surface area contributed by atoms with E-state index in [0.29, 0.717) is 16.6 Å². The van der Waals surface area contributed by atoms with Gasteiger partial charge in [0.2, 0.25) is 0 Å². The maximum Gasteiger partial charge on any atom is 0.137 e. The Bertz CT molecular complexity index is 421. The van der Waals surface area contributed by atoms with Crippen molar-refractivity contribution < 1.29 is 0 Å². The van der Waals surface area contributed by atoms with Gasteiger partial charge in [-0.25, -0.2) is 9.97 Å². The lowest BCUT2D eigenvalue weighted by atomic mass is 9.75. The highest BCUT2D eigenvalue weighted by Gasteiger charge is 2.29. The number of rotatable bonds is 2. The van der Waals surface area contributed by atoms with Gasteiger partial charge < -0.3 is 4.90 Å². The molecule has 0 saturated heterocycles. The summed E-state index contributed by atoms with van der Waals surface area (Å²) in [6, 6.07) is 0.572. The third-order valence-electron chi connectivity index (χ3n) is 4.19. The molecule has 0 atom stereocenters. The Hall–Kier alpha value is -0.830. The molecule has 0 unspecified atom stereocenters. The first-order valence-electron chi connectivity index (χ1n) is 6.61. The highest BCUT2D eigenvalue weighted by Crippen LogP contribution is 2.38. The van der Waals surface area contributed by atoms with Crippen LogP contribution in [0.3, 0.4) is 0 Å². The minimum atomic E-state index is 0.496. The summed E-state index contributed by atoms with van der Waals surface area (Å²) in [6.45, 7) is 6.70. The van der Waals surface area contributed by atoms with Crippen LogP contribution in [-0.2, 0) is 0 Å². The largest absolute Gasteiger partial charge is 0.356 e. The topological polar surface area (TPSA) is 29.0 Å². The summed E-state index contributed by atoms with van der Waals surface area (Å²) in [6.07, 6.45) is 6.56. The zero-order chi connectivity index (χ0) is 13.3. The highest BCUT2D eigenvalue weighted by molar-refractivity contribution is 6.30. The number of halogens is 1. The third kappa shape index (κ3) is 2.77. The molecule has 0 N–H and O–H groups in total. The standard InChI is InChI=1S/C14H22ClN3/c1-10-12(15)16-9-17-13(10)18(4)11-5-7-14(2,3)8-6-11/h9,11H,5-8H2,1-4H3. The first-order valence-corrected chi connectivity index (χ1v) is 6.98. The molecule has 0 aliphatic heterocycles. The van der Waals surface area contributed by atoms with E-state index in [4.69, 9.17) is 11.6 Å². The van der Waals surface area contributed by atoms with Crippen LogP contribution in [0.15, 0.2) is 6.33 Å². The molecule has 0 aromatic carbocycles. The van der Waals surface area contributed by atoms with Crippen molar-refractivity contribution in [2.75, 3.05) is 11.9 Å². The van der Waals surface area contributed by atoms with Gasteiger partial charge in [0.25, 0.3) is 0 Å². The Balaban J connectivity index is 2.12. The molecule has 1 aromatic rings. The smallest absolute Gasteiger partial charge is 0.137 e. The van der Waals surface area contributed by atoms with Crippen LogP contribution in [0.4, 0.5) is 5.82 Å². The van der Waals surface area contributed by atoms with E-state index in [1.165, 1.54) is 25.7 Å². The van der Waals surface area contributed by atoms with Gasteiger partial charge in [-0.1, -0.05) is 25.4 Å². The van der Waals surface area contributed by atoms with E-state index < -0.39 is 0 Å². The van der Waals surface area contributed by atoms with Crippen LogP contribution < -0.4 is 4.90 Å². The molecular formula is C14H22ClN3. The van der Waals surface area contributed by atoms with Crippen molar-refractivity contribution >= 4 is 17.4 Å². The van der Waals surface area contributed by atoms with Crippen LogP contribution in [0.5, 0.6) is 0 Å². The van der Waals surface area contributed by atoms with E-state index in [2.05, 4.69) is 35.8 Å². The van der Waals surface area contributed by atoms with Gasteiger partial charge in [-0.15, -0.1) is 0 Å². The van der Waals surface area contributed by atoms with Gasteiger partial charge in [-0.05, 0) is 38.0 Å². The van der Waals surface area contributed by atoms with Gasteiger partial charge in [-0.3, -0.25) is 0 Å². The van der Waals surface area contributed by atoms with Gasteiger partial charge in [0.1, 0.15) is 17.3 Å². The molecule has 2 rings (SSSR count). The maximum atomic E-state index is 6.06. The molecule has 1 aromatic heterocycles. The fourth-order valence-corrected chi connectivity index (χ4v) is 2.85. The van der Waals surface area contributed by atoms with Crippen molar-refractivity contribution in [1.82, 2.24) is 9.97 Å². The van der Waals surface area contributed by atoms with Crippen LogP contribution in [0.2, 0.25) is 5.15 Å². The van der Waals surface area contributed by atoms with Gasteiger partial charge in [0.05, 0.1) is 0 Å². The molecule has 1 aliphatic carbocycles. The summed E-state index contributed by atoms with van der Waals surface area (Å²) in [5, 5.41) is 0.558. The molecule has 3 nitrogen and oxygen atoms in total. The minimum Gasteiger partial charge on any atom is -0.356 e. The summed E-state index contributed by atoms with van der Waals surface area (Å²) in [5.74, 6) is 0.972. The predicted molar refractivity (Wildman–Crippen MR) is 76.2 cm³/mol. The van der Waals surface area contributed by atoms with Crippen molar-refractivity contribution in [3.05, 3.63) is 17.0 Å². The average Bonchev–Trinajstić information content (AvgIpc) is 2.32. The minimum absolute atomic E-state index is 0.496. The molecule has 1 saturated carbocycles. The fraction of sp³-hybridized carbons (Fsp3) is 0.714. The SMILES string of the molecule is Cc1c(Cl)ncnc1N(C)C1CCC(C)(C)CC1. The molecule has 1 heterocycles. The van der Waals surface area contributed by atoms with E-state index in [9.17, 15) is 0 Å². The molecule has 1 aliphatic rings. The first-order chi connectivity index (χ1) is 8.41. The zero-order valence-corrected chi connectivity index (χ0v) is 12.5. The van der Waals surface area contributed by atoms with Gasteiger partial charge in [0, 0.05) is 18.7 Å². The Morgan fingerprint density at radius 2 is 1.89 bits per heavy atom. The lowest BCUT2D eigenvalue weighted by molar-refractivity contribution is 0.222. The Morgan fingerprint density at radius 1 is 1.28 bits per heavy atom. The van der Waals surface area contributed by atoms with Crippen molar-refractivity contribution in [1.29, 1.82) is 0 Å². The number of anilines is 1. The molecule has 18 heavy (non-hydrogen) atoms. The average molecular weight is 268 g/mol. The predicted octanol–water partition coefficient (Wildman–Crippen LogP) is 3.84. The van der Waals surface area contributed by atoms with Crippen molar-refractivity contribution in [3.8, 4) is 0 Å². The fourth-order valence-electron chi connectivity index (χ4n) is 2.72. The first kappa shape index (κ1) is 13.6. The van der Waals surface area contributed by atoms with E-state index in [0.717, 1.165) is 11.4 Å². The van der Waals surface area contributed by atoms with Gasteiger partial charge in [0.15, 0.2) is 0 Å². The molecule has 4 heteroatoms. The summed E-state index contributed by atoms with van der Waals surface area (Å²) in [7, 11) is 2.12. The summed E-state index contributed by atoms with van der Waals surface area (Å²) in [4.78, 5) is 10.7. The van der Waals surface area contributed by atoms with Gasteiger partial charge >= 0.3 is 0 Å².